The van der Waals surface area contributed by atoms with Gasteiger partial charge in [0.1, 0.15) is 6.29 Å². The molecule has 0 N–H and O–H groups in total. The van der Waals surface area contributed by atoms with Crippen molar-refractivity contribution in [2.75, 3.05) is 7.11 Å². The molecule has 0 amide bonds. The van der Waals surface area contributed by atoms with Crippen LogP contribution in [0, 0.1) is 0 Å². The van der Waals surface area contributed by atoms with Crippen molar-refractivity contribution in [2.45, 2.75) is 66.9 Å². The molecule has 0 heterocycles. The fraction of sp³-hybridized carbons (Fsp3) is 0.355. The Morgan fingerprint density at radius 3 is 1.53 bits per heavy atom. The highest BCUT2D eigenvalue weighted by Gasteiger charge is 2.18. The van der Waals surface area contributed by atoms with Gasteiger partial charge in [0.15, 0.2) is 5.78 Å². The predicted octanol–water partition coefficient (Wildman–Crippen LogP) is 7.92. The minimum atomic E-state index is -0.276. The van der Waals surface area contributed by atoms with Crippen LogP contribution in [0.3, 0.4) is 0 Å². The Balaban J connectivity index is 4.74. The standard InChI is InChI=1S/C31H42O3/c1-25(14-9-10-15-26(2)18-12-20-28(4)24-32)16-11-17-27(3)19-13-21-29(5)30(33)22-23-31(6,7)34-8/h9-21,24H,22-23H2,1-8H3/b10-9+,16-11+,18-12+,19-13+,25-14+,26-15+,27-17+,28-20+,29-21+. The molecule has 0 aromatic rings. The number of hydrogen-bond acceptors (Lipinski definition) is 3. The lowest BCUT2D eigenvalue weighted by Gasteiger charge is -2.22. The number of carbonyl (C=O) groups excluding carboxylic acids is 2. The first-order valence-corrected chi connectivity index (χ1v) is 11.6. The van der Waals surface area contributed by atoms with Gasteiger partial charge in [0.2, 0.25) is 0 Å². The molecule has 0 aromatic carbocycles. The molecule has 0 radical (unpaired) electrons. The highest BCUT2D eigenvalue weighted by molar-refractivity contribution is 5.95. The first kappa shape index (κ1) is 31.0. The first-order valence-electron chi connectivity index (χ1n) is 11.6. The van der Waals surface area contributed by atoms with Gasteiger partial charge in [0.05, 0.1) is 5.60 Å². The van der Waals surface area contributed by atoms with Gasteiger partial charge in [-0.3, -0.25) is 9.59 Å². The van der Waals surface area contributed by atoms with E-state index in [2.05, 4.69) is 0 Å². The van der Waals surface area contributed by atoms with Crippen LogP contribution in [-0.4, -0.2) is 24.8 Å². The lowest BCUT2D eigenvalue weighted by atomic mass is 9.98. The summed E-state index contributed by atoms with van der Waals surface area (Å²) in [6.07, 6.45) is 27.6. The third-order valence-electron chi connectivity index (χ3n) is 5.10. The predicted molar refractivity (Wildman–Crippen MR) is 147 cm³/mol. The van der Waals surface area contributed by atoms with Crippen molar-refractivity contribution >= 4 is 12.1 Å². The van der Waals surface area contributed by atoms with E-state index in [1.807, 2.05) is 114 Å². The highest BCUT2D eigenvalue weighted by atomic mass is 16.5. The van der Waals surface area contributed by atoms with Crippen LogP contribution in [-0.2, 0) is 14.3 Å². The molecule has 184 valence electrons. The maximum atomic E-state index is 12.2. The molecule has 0 aliphatic carbocycles. The van der Waals surface area contributed by atoms with E-state index in [9.17, 15) is 9.59 Å². The molecule has 0 saturated heterocycles. The molecule has 0 rings (SSSR count). The zero-order valence-electron chi connectivity index (χ0n) is 22.2. The molecule has 0 aliphatic rings. The molecule has 34 heavy (non-hydrogen) atoms. The summed E-state index contributed by atoms with van der Waals surface area (Å²) < 4.78 is 5.37. The van der Waals surface area contributed by atoms with Crippen molar-refractivity contribution in [3.8, 4) is 0 Å². The van der Waals surface area contributed by atoms with Gasteiger partial charge in [-0.15, -0.1) is 0 Å². The van der Waals surface area contributed by atoms with Crippen molar-refractivity contribution in [3.05, 3.63) is 107 Å². The van der Waals surface area contributed by atoms with Gasteiger partial charge in [0, 0.05) is 13.5 Å². The molecule has 3 heteroatoms. The minimum Gasteiger partial charge on any atom is -0.379 e. The SMILES string of the molecule is COC(C)(C)CCC(=O)/C(C)=C/C=C/C(C)=C/C=C/C(C)=C/C=C/C=C(C)/C=C/C=C(\C)C=O. The van der Waals surface area contributed by atoms with Gasteiger partial charge in [-0.1, -0.05) is 95.7 Å². The summed E-state index contributed by atoms with van der Waals surface area (Å²) in [5.74, 6) is 0.149. The lowest BCUT2D eigenvalue weighted by Crippen LogP contribution is -2.23. The van der Waals surface area contributed by atoms with Crippen molar-refractivity contribution < 1.29 is 14.3 Å². The second-order valence-corrected chi connectivity index (χ2v) is 8.96. The van der Waals surface area contributed by atoms with Crippen LogP contribution in [0.25, 0.3) is 0 Å². The van der Waals surface area contributed by atoms with Gasteiger partial charge in [-0.2, -0.15) is 0 Å². The topological polar surface area (TPSA) is 43.4 Å². The van der Waals surface area contributed by atoms with E-state index in [4.69, 9.17) is 4.74 Å². The number of Topliss-reactive ketones (excluding diaryl/α,β-unsaturated/α-hetero) is 1. The smallest absolute Gasteiger partial charge is 0.158 e. The van der Waals surface area contributed by atoms with Crippen molar-refractivity contribution in [3.63, 3.8) is 0 Å². The van der Waals surface area contributed by atoms with Gasteiger partial charge < -0.3 is 4.74 Å². The number of aldehydes is 1. The zero-order valence-corrected chi connectivity index (χ0v) is 22.2. The zero-order chi connectivity index (χ0) is 26.0. The van der Waals surface area contributed by atoms with Crippen LogP contribution < -0.4 is 0 Å². The largest absolute Gasteiger partial charge is 0.379 e. The molecule has 0 aliphatic heterocycles. The fourth-order valence-electron chi connectivity index (χ4n) is 2.47. The Kier molecular flexibility index (Phi) is 15.9. The maximum Gasteiger partial charge on any atom is 0.158 e. The summed E-state index contributed by atoms with van der Waals surface area (Å²) in [6, 6.07) is 0. The average Bonchev–Trinajstić information content (AvgIpc) is 2.80. The number of hydrogen-bond donors (Lipinski definition) is 0. The fourth-order valence-corrected chi connectivity index (χ4v) is 2.47. The van der Waals surface area contributed by atoms with Gasteiger partial charge in [-0.25, -0.2) is 0 Å². The van der Waals surface area contributed by atoms with Crippen molar-refractivity contribution in [2.24, 2.45) is 0 Å². The van der Waals surface area contributed by atoms with Crippen LogP contribution in [0.1, 0.15) is 61.3 Å². The molecule has 0 unspecified atom stereocenters. The number of methoxy groups -OCH3 is 1. The van der Waals surface area contributed by atoms with Gasteiger partial charge >= 0.3 is 0 Å². The summed E-state index contributed by atoms with van der Waals surface area (Å²) in [5, 5.41) is 0. The quantitative estimate of drug-likeness (QED) is 0.150. The van der Waals surface area contributed by atoms with Crippen LogP contribution in [0.2, 0.25) is 0 Å². The van der Waals surface area contributed by atoms with Gasteiger partial charge in [-0.05, 0) is 66.0 Å². The summed E-state index contributed by atoms with van der Waals surface area (Å²) in [7, 11) is 1.67. The third kappa shape index (κ3) is 16.6. The summed E-state index contributed by atoms with van der Waals surface area (Å²) in [5.41, 5.74) is 4.51. The molecule has 0 atom stereocenters. The molecule has 0 saturated carbocycles. The van der Waals surface area contributed by atoms with Gasteiger partial charge in [0.25, 0.3) is 0 Å². The van der Waals surface area contributed by atoms with Crippen LogP contribution >= 0.6 is 0 Å². The maximum absolute atomic E-state index is 12.2. The van der Waals surface area contributed by atoms with Crippen LogP contribution in [0.4, 0.5) is 0 Å². The number of ether oxygens (including phenoxy) is 1. The number of allylic oxidation sites excluding steroid dienone is 18. The normalized spacial score (nSPS) is 15.5. The van der Waals surface area contributed by atoms with Crippen LogP contribution in [0.15, 0.2) is 107 Å². The molecular weight excluding hydrogens is 420 g/mol. The Bertz CT molecular complexity index is 939. The number of rotatable bonds is 14. The molecule has 3 nitrogen and oxygen atoms in total. The van der Waals surface area contributed by atoms with E-state index < -0.39 is 0 Å². The second-order valence-electron chi connectivity index (χ2n) is 8.96. The van der Waals surface area contributed by atoms with Crippen molar-refractivity contribution in [1.29, 1.82) is 0 Å². The summed E-state index contributed by atoms with van der Waals surface area (Å²) in [4.78, 5) is 22.8. The Morgan fingerprint density at radius 1 is 0.676 bits per heavy atom. The molecule has 0 bridgehead atoms. The Morgan fingerprint density at radius 2 is 1.09 bits per heavy atom. The van der Waals surface area contributed by atoms with E-state index in [1.165, 1.54) is 0 Å². The third-order valence-corrected chi connectivity index (χ3v) is 5.10. The minimum absolute atomic E-state index is 0.149. The molecule has 0 fully saturated rings. The van der Waals surface area contributed by atoms with E-state index in [1.54, 1.807) is 20.1 Å². The van der Waals surface area contributed by atoms with E-state index in [0.29, 0.717) is 18.4 Å². The molecule has 0 aromatic heterocycles. The highest BCUT2D eigenvalue weighted by Crippen LogP contribution is 2.17. The molecule has 0 spiro atoms. The summed E-state index contributed by atoms with van der Waals surface area (Å²) >= 11 is 0. The van der Waals surface area contributed by atoms with E-state index in [0.717, 1.165) is 28.6 Å². The summed E-state index contributed by atoms with van der Waals surface area (Å²) in [6.45, 7) is 13.7. The van der Waals surface area contributed by atoms with E-state index in [-0.39, 0.29) is 11.4 Å². The monoisotopic (exact) mass is 462 g/mol. The lowest BCUT2D eigenvalue weighted by molar-refractivity contribution is -0.116. The number of carbonyl (C=O) groups is 2. The molecular formula is C31H42O3. The van der Waals surface area contributed by atoms with E-state index >= 15 is 0 Å². The Labute approximate surface area is 207 Å². The second kappa shape index (κ2) is 17.4. The first-order chi connectivity index (χ1) is 16.0. The van der Waals surface area contributed by atoms with Crippen molar-refractivity contribution in [1.82, 2.24) is 0 Å². The number of ketones is 1. The van der Waals surface area contributed by atoms with Crippen LogP contribution in [0.5, 0.6) is 0 Å². The average molecular weight is 463 g/mol. The Hall–Kier alpha value is -3.04.